The van der Waals surface area contributed by atoms with Crippen molar-refractivity contribution in [1.29, 1.82) is 0 Å². The third-order valence-corrected chi connectivity index (χ3v) is 7.96. The molecule has 0 spiro atoms. The molecule has 0 fully saturated rings. The summed E-state index contributed by atoms with van der Waals surface area (Å²) in [6, 6.07) is 23.9. The van der Waals surface area contributed by atoms with Gasteiger partial charge in [0.15, 0.2) is 0 Å². The summed E-state index contributed by atoms with van der Waals surface area (Å²) >= 11 is 0. The number of likely N-dealkylation sites (N-methyl/N-ethyl adjacent to an activating group) is 1. The average molecular weight is 587 g/mol. The molecule has 230 valence electrons. The van der Waals surface area contributed by atoms with Crippen molar-refractivity contribution in [3.05, 3.63) is 83.9 Å². The molecule has 0 radical (unpaired) electrons. The number of fused-ring (bicyclic) bond motifs is 1. The van der Waals surface area contributed by atoms with E-state index in [0.717, 1.165) is 19.5 Å². The Labute approximate surface area is 256 Å². The van der Waals surface area contributed by atoms with Crippen LogP contribution < -0.4 is 10.1 Å². The zero-order chi connectivity index (χ0) is 30.9. The van der Waals surface area contributed by atoms with Gasteiger partial charge in [-0.1, -0.05) is 61.5 Å². The lowest BCUT2D eigenvalue weighted by molar-refractivity contribution is -0.116. The van der Waals surface area contributed by atoms with Crippen LogP contribution in [0.3, 0.4) is 0 Å². The highest BCUT2D eigenvalue weighted by Crippen LogP contribution is 2.31. The SMILES string of the molecule is C[C@@H]1CN([C@@H](C)CO)C(=O)c2cc(NC(=O)CCCN(C)C)ccc2O[C@@H]1CN(C)Cc1ccc(-c2ccccc2)cc1. The Kier molecular flexibility index (Phi) is 11.3. The van der Waals surface area contributed by atoms with Crippen molar-refractivity contribution >= 4 is 17.5 Å². The van der Waals surface area contributed by atoms with E-state index in [4.69, 9.17) is 4.74 Å². The highest BCUT2D eigenvalue weighted by Gasteiger charge is 2.33. The van der Waals surface area contributed by atoms with Gasteiger partial charge in [-0.2, -0.15) is 0 Å². The van der Waals surface area contributed by atoms with E-state index >= 15 is 0 Å². The van der Waals surface area contributed by atoms with Crippen LogP contribution in [-0.4, -0.2) is 91.2 Å². The summed E-state index contributed by atoms with van der Waals surface area (Å²) < 4.78 is 6.55. The molecule has 43 heavy (non-hydrogen) atoms. The van der Waals surface area contributed by atoms with Gasteiger partial charge < -0.3 is 25.0 Å². The number of carbonyl (C=O) groups excluding carboxylic acids is 2. The van der Waals surface area contributed by atoms with E-state index in [1.54, 1.807) is 23.1 Å². The summed E-state index contributed by atoms with van der Waals surface area (Å²) in [5.74, 6) is 0.205. The van der Waals surface area contributed by atoms with E-state index in [1.165, 1.54) is 16.7 Å². The maximum absolute atomic E-state index is 13.7. The van der Waals surface area contributed by atoms with Gasteiger partial charge in [0, 0.05) is 37.7 Å². The Bertz CT molecular complexity index is 1350. The van der Waals surface area contributed by atoms with Crippen LogP contribution in [0, 0.1) is 5.92 Å². The monoisotopic (exact) mass is 586 g/mol. The topological polar surface area (TPSA) is 85.3 Å². The lowest BCUT2D eigenvalue weighted by atomic mass is 9.99. The van der Waals surface area contributed by atoms with Crippen molar-refractivity contribution in [2.24, 2.45) is 5.92 Å². The van der Waals surface area contributed by atoms with Gasteiger partial charge in [-0.25, -0.2) is 0 Å². The standard InChI is InChI=1S/C35H46N4O4/c1-25-21-39(26(2)24-40)35(42)31-20-30(36-34(41)12-9-19-37(3)4)17-18-32(31)43-33(25)23-38(5)22-27-13-15-29(16-14-27)28-10-7-6-8-11-28/h6-8,10-11,13-18,20,25-26,33,40H,9,12,19,21-24H2,1-5H3,(H,36,41)/t25-,26+,33-/m1/s1. The van der Waals surface area contributed by atoms with Crippen LogP contribution in [0.1, 0.15) is 42.6 Å². The van der Waals surface area contributed by atoms with E-state index in [-0.39, 0.29) is 36.5 Å². The van der Waals surface area contributed by atoms with Crippen LogP contribution in [0.2, 0.25) is 0 Å². The number of nitrogens with one attached hydrogen (secondary N) is 1. The number of nitrogens with zero attached hydrogens (tertiary/aromatic N) is 3. The second-order valence-electron chi connectivity index (χ2n) is 12.0. The van der Waals surface area contributed by atoms with Gasteiger partial charge in [0.2, 0.25) is 5.91 Å². The molecule has 1 heterocycles. The molecule has 0 bridgehead atoms. The van der Waals surface area contributed by atoms with Crippen molar-refractivity contribution in [3.63, 3.8) is 0 Å². The highest BCUT2D eigenvalue weighted by molar-refractivity contribution is 5.99. The molecule has 0 saturated carbocycles. The fraction of sp³-hybridized carbons (Fsp3) is 0.429. The van der Waals surface area contributed by atoms with Crippen molar-refractivity contribution in [1.82, 2.24) is 14.7 Å². The molecule has 3 aromatic rings. The Morgan fingerprint density at radius 3 is 2.42 bits per heavy atom. The lowest BCUT2D eigenvalue weighted by Gasteiger charge is -2.38. The Hall–Kier alpha value is -3.72. The quantitative estimate of drug-likeness (QED) is 0.311. The van der Waals surface area contributed by atoms with Gasteiger partial charge in [-0.15, -0.1) is 0 Å². The van der Waals surface area contributed by atoms with Crippen LogP contribution in [0.25, 0.3) is 11.1 Å². The summed E-state index contributed by atoms with van der Waals surface area (Å²) in [6.45, 7) is 6.48. The van der Waals surface area contributed by atoms with E-state index in [1.807, 2.05) is 44.1 Å². The number of amides is 2. The van der Waals surface area contributed by atoms with Crippen LogP contribution >= 0.6 is 0 Å². The number of anilines is 1. The molecule has 0 aliphatic carbocycles. The molecule has 2 amide bonds. The summed E-state index contributed by atoms with van der Waals surface area (Å²) in [6.07, 6.45) is 0.951. The average Bonchev–Trinajstić information content (AvgIpc) is 2.99. The first-order chi connectivity index (χ1) is 20.6. The molecule has 2 N–H and O–H groups in total. The maximum atomic E-state index is 13.7. The van der Waals surface area contributed by atoms with Crippen LogP contribution in [-0.2, 0) is 11.3 Å². The Balaban J connectivity index is 1.49. The summed E-state index contributed by atoms with van der Waals surface area (Å²) in [5, 5.41) is 12.9. The molecule has 0 unspecified atom stereocenters. The lowest BCUT2D eigenvalue weighted by Crippen LogP contribution is -2.49. The molecule has 1 aliphatic heterocycles. The largest absolute Gasteiger partial charge is 0.488 e. The number of carbonyl (C=O) groups is 2. The second kappa shape index (κ2) is 15.1. The maximum Gasteiger partial charge on any atom is 0.258 e. The van der Waals surface area contributed by atoms with Crippen LogP contribution in [0.15, 0.2) is 72.8 Å². The summed E-state index contributed by atoms with van der Waals surface area (Å²) in [7, 11) is 6.04. The predicted molar refractivity (Wildman–Crippen MR) is 172 cm³/mol. The second-order valence-corrected chi connectivity index (χ2v) is 12.0. The molecule has 3 atom stereocenters. The fourth-order valence-corrected chi connectivity index (χ4v) is 5.41. The number of hydrogen-bond acceptors (Lipinski definition) is 6. The van der Waals surface area contributed by atoms with Crippen molar-refractivity contribution < 1.29 is 19.4 Å². The first-order valence-electron chi connectivity index (χ1n) is 15.1. The fourth-order valence-electron chi connectivity index (χ4n) is 5.41. The zero-order valence-corrected chi connectivity index (χ0v) is 26.1. The number of ether oxygens (including phenoxy) is 1. The van der Waals surface area contributed by atoms with Crippen molar-refractivity contribution in [3.8, 4) is 16.9 Å². The van der Waals surface area contributed by atoms with Crippen LogP contribution in [0.4, 0.5) is 5.69 Å². The number of aliphatic hydroxyl groups is 1. The molecule has 4 rings (SSSR count). The van der Waals surface area contributed by atoms with E-state index in [0.29, 0.717) is 36.5 Å². The van der Waals surface area contributed by atoms with E-state index < -0.39 is 0 Å². The third-order valence-electron chi connectivity index (χ3n) is 7.96. The number of aliphatic hydroxyl groups excluding tert-OH is 1. The molecule has 1 aliphatic rings. The van der Waals surface area contributed by atoms with Gasteiger partial charge in [-0.05, 0) is 75.9 Å². The van der Waals surface area contributed by atoms with Crippen LogP contribution in [0.5, 0.6) is 5.75 Å². The highest BCUT2D eigenvalue weighted by atomic mass is 16.5. The zero-order valence-electron chi connectivity index (χ0n) is 26.1. The van der Waals surface area contributed by atoms with Gasteiger partial charge in [0.1, 0.15) is 11.9 Å². The molecule has 8 nitrogen and oxygen atoms in total. The molecule has 3 aromatic carbocycles. The third kappa shape index (κ3) is 8.89. The summed E-state index contributed by atoms with van der Waals surface area (Å²) in [5.41, 5.74) is 4.54. The minimum absolute atomic E-state index is 0.0186. The molecule has 8 heteroatoms. The molecular weight excluding hydrogens is 540 g/mol. The van der Waals surface area contributed by atoms with Crippen molar-refractivity contribution in [2.75, 3.05) is 52.7 Å². The van der Waals surface area contributed by atoms with Gasteiger partial charge >= 0.3 is 0 Å². The van der Waals surface area contributed by atoms with Gasteiger partial charge in [0.05, 0.1) is 18.2 Å². The van der Waals surface area contributed by atoms with Crippen molar-refractivity contribution in [2.45, 2.75) is 45.4 Å². The van der Waals surface area contributed by atoms with Gasteiger partial charge in [-0.3, -0.25) is 14.5 Å². The van der Waals surface area contributed by atoms with E-state index in [9.17, 15) is 14.7 Å². The predicted octanol–water partition coefficient (Wildman–Crippen LogP) is 4.99. The number of rotatable bonds is 12. The number of hydrogen-bond donors (Lipinski definition) is 2. The minimum atomic E-state index is -0.355. The Morgan fingerprint density at radius 1 is 1.05 bits per heavy atom. The minimum Gasteiger partial charge on any atom is -0.488 e. The van der Waals surface area contributed by atoms with Gasteiger partial charge in [0.25, 0.3) is 5.91 Å². The Morgan fingerprint density at radius 2 is 1.74 bits per heavy atom. The number of benzene rings is 3. The first kappa shape index (κ1) is 32.2. The molecule has 0 aromatic heterocycles. The smallest absolute Gasteiger partial charge is 0.258 e. The first-order valence-corrected chi connectivity index (χ1v) is 15.1. The molecule has 0 saturated heterocycles. The summed E-state index contributed by atoms with van der Waals surface area (Å²) in [4.78, 5) is 32.3. The van der Waals surface area contributed by atoms with E-state index in [2.05, 4.69) is 60.6 Å². The normalized spacial score (nSPS) is 17.7. The molecular formula is C35H46N4O4.